The Morgan fingerprint density at radius 3 is 1.72 bits per heavy atom. The molecule has 3 nitrogen and oxygen atoms in total. The Morgan fingerprint density at radius 1 is 0.410 bits per heavy atom. The summed E-state index contributed by atoms with van der Waals surface area (Å²) < 4.78 is 164. The zero-order valence-electron chi connectivity index (χ0n) is 48.9. The molecule has 0 N–H and O–H groups in total. The summed E-state index contributed by atoms with van der Waals surface area (Å²) in [5, 5.41) is 4.17. The van der Waals surface area contributed by atoms with Crippen LogP contribution in [0.15, 0.2) is 235 Å². The van der Waals surface area contributed by atoms with Gasteiger partial charge in [0.05, 0.1) is 45.4 Å². The highest BCUT2D eigenvalue weighted by Gasteiger charge is 2.21. The van der Waals surface area contributed by atoms with Crippen molar-refractivity contribution in [3.63, 3.8) is 0 Å². The topological polar surface area (TPSA) is 21.3 Å². The number of para-hydroxylation sites is 2. The van der Waals surface area contributed by atoms with Gasteiger partial charge in [-0.2, -0.15) is 0 Å². The predicted octanol–water partition coefficient (Wildman–Crippen LogP) is 16.3. The predicted molar refractivity (Wildman–Crippen MR) is 257 cm³/mol. The lowest BCUT2D eigenvalue weighted by molar-refractivity contribution is 0.672. The highest BCUT2D eigenvalue weighted by molar-refractivity contribution is 6.19. The van der Waals surface area contributed by atoms with Crippen LogP contribution >= 0.6 is 0 Å². The number of rotatable bonds is 7. The quantitative estimate of drug-likeness (QED) is 0.160. The summed E-state index contributed by atoms with van der Waals surface area (Å²) in [4.78, 5) is 1.15. The van der Waals surface area contributed by atoms with Gasteiger partial charge in [-0.15, -0.1) is 0 Å². The van der Waals surface area contributed by atoms with Gasteiger partial charge < -0.3 is 13.9 Å². The minimum atomic E-state index is -0.886. The van der Waals surface area contributed by atoms with E-state index in [9.17, 15) is 13.7 Å². The fourth-order valence-corrected chi connectivity index (χ4v) is 8.10. The number of hydrogen-bond donors (Lipinski definition) is 0. The first-order valence-corrected chi connectivity index (χ1v) is 19.5. The number of benzene rings is 10. The van der Waals surface area contributed by atoms with Crippen molar-refractivity contribution in [3.8, 4) is 39.1 Å². The molecule has 3 heteroatoms. The maximum absolute atomic E-state index is 9.86. The summed E-state index contributed by atoms with van der Waals surface area (Å²) >= 11 is 0. The molecule has 0 aliphatic heterocycles. The molecule has 0 bridgehead atoms. The van der Waals surface area contributed by atoms with Crippen molar-refractivity contribution in [1.82, 2.24) is 4.57 Å². The van der Waals surface area contributed by atoms with Crippen molar-refractivity contribution in [1.29, 1.82) is 0 Å². The average molecular weight is 796 g/mol. The summed E-state index contributed by atoms with van der Waals surface area (Å²) in [6, 6.07) is 26.1. The van der Waals surface area contributed by atoms with Crippen LogP contribution in [0.5, 0.6) is 0 Å². The Labute approximate surface area is 377 Å². The second-order valence-corrected chi connectivity index (χ2v) is 14.4. The van der Waals surface area contributed by atoms with Crippen LogP contribution in [0, 0.1) is 0 Å². The summed E-state index contributed by atoms with van der Waals surface area (Å²) in [7, 11) is 0. The Kier molecular flexibility index (Phi) is 5.10. The van der Waals surface area contributed by atoms with E-state index >= 15 is 0 Å². The molecular formula is C58H38N2O. The number of nitrogens with zero attached hydrogens (tertiary/aromatic N) is 2. The van der Waals surface area contributed by atoms with Crippen LogP contribution in [-0.2, 0) is 0 Å². The first-order valence-electron chi connectivity index (χ1n) is 28.0. The first-order chi connectivity index (χ1) is 37.3. The molecule has 0 spiro atoms. The van der Waals surface area contributed by atoms with Gasteiger partial charge in [-0.05, 0) is 111 Å². The number of aromatic nitrogens is 1. The SMILES string of the molecule is [2H]c1c([2H])c([2H])c(-c2c([2H])c([2H])c(-c3c([2H])c([2H])c(N(c4c([2H])c([2H])c(-c5ccc6c(c5)c5ccccc5n6-c5ccccc5)c([2H])c4[2H])c4cccc5oc6c7ccccc7ccc6c45)c([2H])c3[2H])c([2H])c2[2H])c([2H])c1[2H]. The second kappa shape index (κ2) is 14.3. The molecule has 0 amide bonds. The fourth-order valence-electron chi connectivity index (χ4n) is 8.10. The summed E-state index contributed by atoms with van der Waals surface area (Å²) in [6.07, 6.45) is 0. The molecule has 2 heterocycles. The van der Waals surface area contributed by atoms with E-state index in [4.69, 9.17) is 14.0 Å². The van der Waals surface area contributed by atoms with Gasteiger partial charge in [0.2, 0.25) is 0 Å². The van der Waals surface area contributed by atoms with Gasteiger partial charge in [0.25, 0.3) is 0 Å². The molecule has 0 unspecified atom stereocenters. The Balaban J connectivity index is 1.12. The molecule has 0 radical (unpaired) electrons. The number of furan rings is 1. The number of anilines is 3. The van der Waals surface area contributed by atoms with Crippen LogP contribution < -0.4 is 4.90 Å². The van der Waals surface area contributed by atoms with E-state index in [1.165, 1.54) is 0 Å². The molecule has 61 heavy (non-hydrogen) atoms. The molecule has 286 valence electrons. The molecule has 2 aromatic heterocycles. The molecule has 0 saturated heterocycles. The minimum Gasteiger partial charge on any atom is -0.455 e. The van der Waals surface area contributed by atoms with Crippen molar-refractivity contribution < 1.29 is 27.7 Å². The highest BCUT2D eigenvalue weighted by Crippen LogP contribution is 2.45. The van der Waals surface area contributed by atoms with Gasteiger partial charge >= 0.3 is 0 Å². The standard InChI is InChI=1S/C58H38N2O/c1-3-12-39(13-4-1)40-22-24-41(25-23-40)42-26-32-47(33-27-42)59(55-20-11-21-56-57(55)51-36-30-44-14-7-8-17-49(44)58(51)61-56)48-34-28-43(29-35-48)45-31-37-54-52(38-45)50-18-9-10-19-53(50)60(54)46-15-5-2-6-16-46/h1-38H/i1D,3D,4D,12D,13D,22D,23D,24D,25D,26D,27D,28D,29D,32D,33D,34D,35D. The summed E-state index contributed by atoms with van der Waals surface area (Å²) in [6.45, 7) is 0. The van der Waals surface area contributed by atoms with Crippen molar-refractivity contribution in [2.24, 2.45) is 0 Å². The third-order valence-corrected chi connectivity index (χ3v) is 10.9. The lowest BCUT2D eigenvalue weighted by Gasteiger charge is -2.26. The third-order valence-electron chi connectivity index (χ3n) is 10.9. The Hall–Kier alpha value is -8.14. The van der Waals surface area contributed by atoms with E-state index < -0.39 is 136 Å². The van der Waals surface area contributed by atoms with E-state index in [1.807, 2.05) is 103 Å². The summed E-state index contributed by atoms with van der Waals surface area (Å²) in [5.74, 6) is 0. The lowest BCUT2D eigenvalue weighted by Crippen LogP contribution is -2.10. The maximum Gasteiger partial charge on any atom is 0.143 e. The molecule has 0 aliphatic rings. The molecule has 0 saturated carbocycles. The van der Waals surface area contributed by atoms with Crippen LogP contribution in [0.4, 0.5) is 17.1 Å². The minimum absolute atomic E-state index is 0.0455. The van der Waals surface area contributed by atoms with E-state index in [-0.39, 0.29) is 11.3 Å². The fraction of sp³-hybridized carbons (Fsp3) is 0. The molecule has 0 fully saturated rings. The second-order valence-electron chi connectivity index (χ2n) is 14.4. The summed E-state index contributed by atoms with van der Waals surface area (Å²) in [5.41, 5.74) is 0.239. The third kappa shape index (κ3) is 5.90. The van der Waals surface area contributed by atoms with E-state index in [1.54, 1.807) is 24.3 Å². The van der Waals surface area contributed by atoms with Gasteiger partial charge in [-0.3, -0.25) is 0 Å². The van der Waals surface area contributed by atoms with Crippen LogP contribution in [0.1, 0.15) is 23.3 Å². The first kappa shape index (κ1) is 21.7. The monoisotopic (exact) mass is 795 g/mol. The van der Waals surface area contributed by atoms with Gasteiger partial charge in [0.15, 0.2) is 0 Å². The molecule has 0 aliphatic carbocycles. The molecule has 12 rings (SSSR count). The van der Waals surface area contributed by atoms with Gasteiger partial charge in [-0.1, -0.05) is 157 Å². The average Bonchev–Trinajstić information content (AvgIpc) is 4.02. The molecule has 10 aromatic carbocycles. The van der Waals surface area contributed by atoms with E-state index in [2.05, 4.69) is 4.57 Å². The van der Waals surface area contributed by atoms with Crippen molar-refractivity contribution in [2.45, 2.75) is 0 Å². The van der Waals surface area contributed by atoms with Crippen LogP contribution in [0.2, 0.25) is 0 Å². The van der Waals surface area contributed by atoms with Gasteiger partial charge in [-0.25, -0.2) is 0 Å². The molecule has 0 atom stereocenters. The zero-order valence-corrected chi connectivity index (χ0v) is 31.9. The number of fused-ring (bicyclic) bond motifs is 8. The molecular weight excluding hydrogens is 741 g/mol. The lowest BCUT2D eigenvalue weighted by atomic mass is 9.99. The Morgan fingerprint density at radius 2 is 1.00 bits per heavy atom. The van der Waals surface area contributed by atoms with Gasteiger partial charge in [0, 0.05) is 38.6 Å². The highest BCUT2D eigenvalue weighted by atomic mass is 16.3. The van der Waals surface area contributed by atoms with Crippen molar-refractivity contribution >= 4 is 71.6 Å². The smallest absolute Gasteiger partial charge is 0.143 e. The Bertz CT molecular complexity index is 4490. The zero-order chi connectivity index (χ0) is 55.1. The van der Waals surface area contributed by atoms with Crippen LogP contribution in [0.3, 0.4) is 0 Å². The number of hydrogen-bond acceptors (Lipinski definition) is 2. The molecule has 12 aromatic rings. The van der Waals surface area contributed by atoms with E-state index in [0.29, 0.717) is 27.5 Å². The normalized spacial score (nSPS) is 15.5. The van der Waals surface area contributed by atoms with Crippen molar-refractivity contribution in [2.75, 3.05) is 4.90 Å². The maximum atomic E-state index is 9.86. The van der Waals surface area contributed by atoms with E-state index in [0.717, 1.165) is 43.2 Å². The van der Waals surface area contributed by atoms with Crippen LogP contribution in [-0.4, -0.2) is 4.57 Å². The largest absolute Gasteiger partial charge is 0.455 e. The van der Waals surface area contributed by atoms with Gasteiger partial charge in [0.1, 0.15) is 11.2 Å². The van der Waals surface area contributed by atoms with Crippen molar-refractivity contribution in [3.05, 3.63) is 230 Å². The van der Waals surface area contributed by atoms with Crippen LogP contribution in [0.25, 0.3) is 93.6 Å².